The third kappa shape index (κ3) is 2.36. The first-order chi connectivity index (χ1) is 9.17. The maximum absolute atomic E-state index is 11.1. The Hall–Kier alpha value is -1.44. The van der Waals surface area contributed by atoms with Gasteiger partial charge in [-0.05, 0) is 17.7 Å². The summed E-state index contributed by atoms with van der Waals surface area (Å²) in [5.74, 6) is 0.189. The van der Waals surface area contributed by atoms with Gasteiger partial charge in [-0.1, -0.05) is 6.07 Å². The van der Waals surface area contributed by atoms with Crippen LogP contribution in [0.1, 0.15) is 10.6 Å². The van der Waals surface area contributed by atoms with Gasteiger partial charge in [0.25, 0.3) is 0 Å². The van der Waals surface area contributed by atoms with E-state index in [1.807, 2.05) is 18.2 Å². The van der Waals surface area contributed by atoms with Gasteiger partial charge in [0.1, 0.15) is 16.1 Å². The van der Waals surface area contributed by atoms with E-state index in [0.29, 0.717) is 5.75 Å². The molecule has 1 aromatic heterocycles. The van der Waals surface area contributed by atoms with Crippen molar-refractivity contribution in [3.8, 4) is 0 Å². The van der Waals surface area contributed by atoms with Crippen LogP contribution in [-0.4, -0.2) is 32.8 Å². The lowest BCUT2D eigenvalue weighted by Crippen LogP contribution is -2.26. The van der Waals surface area contributed by atoms with Crippen molar-refractivity contribution in [3.05, 3.63) is 28.8 Å². The van der Waals surface area contributed by atoms with E-state index in [-0.39, 0.29) is 6.61 Å². The fourth-order valence-electron chi connectivity index (χ4n) is 1.80. The number of rotatable bonds is 3. The largest absolute Gasteiger partial charge is 0.392 e. The topological polar surface area (TPSA) is 88.6 Å². The van der Waals surface area contributed by atoms with Crippen molar-refractivity contribution >= 4 is 44.3 Å². The second-order valence-electron chi connectivity index (χ2n) is 4.14. The van der Waals surface area contributed by atoms with Crippen LogP contribution in [0.15, 0.2) is 23.2 Å². The van der Waals surface area contributed by atoms with Gasteiger partial charge < -0.3 is 10.8 Å². The smallest absolute Gasteiger partial charge is 0.243 e. The van der Waals surface area contributed by atoms with E-state index < -0.39 is 11.9 Å². The van der Waals surface area contributed by atoms with Crippen molar-refractivity contribution in [1.29, 1.82) is 0 Å². The summed E-state index contributed by atoms with van der Waals surface area (Å²) in [6, 6.07) is 5.20. The summed E-state index contributed by atoms with van der Waals surface area (Å²) in [6.45, 7) is 0.0165. The minimum absolute atomic E-state index is 0.0165. The predicted molar refractivity (Wildman–Crippen MR) is 77.5 cm³/mol. The molecule has 98 valence electrons. The molecule has 19 heavy (non-hydrogen) atoms. The van der Waals surface area contributed by atoms with E-state index >= 15 is 0 Å². The van der Waals surface area contributed by atoms with E-state index in [1.165, 1.54) is 23.1 Å². The number of carbonyl (C=O) groups is 1. The first-order valence-corrected chi connectivity index (χ1v) is 7.48. The number of thiazole rings is 1. The van der Waals surface area contributed by atoms with Crippen molar-refractivity contribution in [3.63, 3.8) is 0 Å². The Kier molecular flexibility index (Phi) is 3.26. The molecule has 5 nitrogen and oxygen atoms in total. The van der Waals surface area contributed by atoms with Gasteiger partial charge in [-0.15, -0.1) is 23.1 Å². The molecule has 0 unspecified atom stereocenters. The molecule has 0 fully saturated rings. The fraction of sp³-hybridized carbons (Fsp3) is 0.250. The molecule has 0 radical (unpaired) electrons. The molecule has 7 heteroatoms. The molecular weight excluding hydrogens is 282 g/mol. The number of nitrogens with two attached hydrogens (primary N) is 1. The minimum atomic E-state index is -0.444. The second kappa shape index (κ2) is 4.92. The van der Waals surface area contributed by atoms with Crippen LogP contribution in [0.5, 0.6) is 0 Å². The third-order valence-electron chi connectivity index (χ3n) is 2.80. The van der Waals surface area contributed by atoms with Crippen molar-refractivity contribution in [2.24, 2.45) is 10.7 Å². The lowest BCUT2D eigenvalue weighted by atomic mass is 10.2. The molecule has 2 heterocycles. The Morgan fingerprint density at radius 3 is 3.05 bits per heavy atom. The number of fused-ring (bicyclic) bond motifs is 1. The number of hydrogen-bond acceptors (Lipinski definition) is 6. The zero-order chi connectivity index (χ0) is 13.4. The van der Waals surface area contributed by atoms with E-state index in [4.69, 9.17) is 10.8 Å². The van der Waals surface area contributed by atoms with Gasteiger partial charge in [-0.25, -0.2) is 4.98 Å². The van der Waals surface area contributed by atoms with Gasteiger partial charge in [-0.2, -0.15) is 0 Å². The Balaban J connectivity index is 1.98. The van der Waals surface area contributed by atoms with E-state index in [2.05, 4.69) is 9.98 Å². The first kappa shape index (κ1) is 12.6. The number of hydrogen-bond donors (Lipinski definition) is 2. The number of benzene rings is 1. The van der Waals surface area contributed by atoms with Crippen molar-refractivity contribution in [1.82, 2.24) is 4.98 Å². The first-order valence-electron chi connectivity index (χ1n) is 5.68. The van der Waals surface area contributed by atoms with Crippen molar-refractivity contribution < 1.29 is 9.90 Å². The lowest BCUT2D eigenvalue weighted by Gasteiger charge is -1.95. The highest BCUT2D eigenvalue weighted by Gasteiger charge is 2.25. The summed E-state index contributed by atoms with van der Waals surface area (Å²) in [5, 5.41) is 10.7. The second-order valence-corrected chi connectivity index (χ2v) is 6.18. The number of aliphatic imine (C=N–C) groups is 1. The molecule has 3 rings (SSSR count). The van der Waals surface area contributed by atoms with Crippen LogP contribution in [0.3, 0.4) is 0 Å². The Bertz CT molecular complexity index is 681. The summed E-state index contributed by atoms with van der Waals surface area (Å²) in [7, 11) is 0. The fourth-order valence-corrected chi connectivity index (χ4v) is 3.94. The molecule has 1 aliphatic heterocycles. The molecule has 1 aromatic carbocycles. The SMILES string of the molecule is NC(=O)[C@H]1CSC(c2nc3ccc(CO)cc3s2)=N1. The standard InChI is InChI=1S/C12H11N3O2S2/c13-10(17)8-5-18-11(15-8)12-14-7-2-1-6(4-16)3-9(7)19-12/h1-3,8,16H,4-5H2,(H2,13,17)/t8-/m1/s1. The average Bonchev–Trinajstić information content (AvgIpc) is 3.04. The Morgan fingerprint density at radius 1 is 1.53 bits per heavy atom. The number of aliphatic hydroxyl groups is 1. The number of thioether (sulfide) groups is 1. The number of primary amides is 1. The highest BCUT2D eigenvalue weighted by molar-refractivity contribution is 8.15. The van der Waals surface area contributed by atoms with Crippen molar-refractivity contribution in [2.75, 3.05) is 5.75 Å². The molecule has 0 saturated heterocycles. The van der Waals surface area contributed by atoms with Gasteiger partial charge in [0.2, 0.25) is 5.91 Å². The number of aromatic nitrogens is 1. The summed E-state index contributed by atoms with van der Waals surface area (Å²) >= 11 is 3.02. The van der Waals surface area contributed by atoms with Crippen LogP contribution in [0.4, 0.5) is 0 Å². The van der Waals surface area contributed by atoms with Gasteiger partial charge in [0.05, 0.1) is 16.8 Å². The number of aliphatic hydroxyl groups excluding tert-OH is 1. The van der Waals surface area contributed by atoms with Crippen LogP contribution in [0.25, 0.3) is 10.2 Å². The van der Waals surface area contributed by atoms with Crippen LogP contribution in [0.2, 0.25) is 0 Å². The Morgan fingerprint density at radius 2 is 2.37 bits per heavy atom. The normalized spacial score (nSPS) is 18.8. The minimum Gasteiger partial charge on any atom is -0.392 e. The Labute approximate surface area is 117 Å². The third-order valence-corrected chi connectivity index (χ3v) is 5.01. The highest BCUT2D eigenvalue weighted by atomic mass is 32.2. The van der Waals surface area contributed by atoms with Crippen LogP contribution >= 0.6 is 23.1 Å². The number of amides is 1. The van der Waals surface area contributed by atoms with E-state index in [0.717, 1.165) is 25.8 Å². The molecule has 1 atom stereocenters. The number of carbonyl (C=O) groups excluding carboxylic acids is 1. The molecule has 0 bridgehead atoms. The average molecular weight is 293 g/mol. The number of nitrogens with zero attached hydrogens (tertiary/aromatic N) is 2. The molecule has 0 aliphatic carbocycles. The van der Waals surface area contributed by atoms with Crippen LogP contribution in [0, 0.1) is 0 Å². The maximum Gasteiger partial charge on any atom is 0.243 e. The van der Waals surface area contributed by atoms with Crippen LogP contribution < -0.4 is 5.73 Å². The summed E-state index contributed by atoms with van der Waals surface area (Å²) in [6.07, 6.45) is 0. The van der Waals surface area contributed by atoms with E-state index in [1.54, 1.807) is 0 Å². The van der Waals surface area contributed by atoms with Gasteiger partial charge in [0, 0.05) is 5.75 Å². The summed E-state index contributed by atoms with van der Waals surface area (Å²) < 4.78 is 1.01. The molecule has 2 aromatic rings. The summed E-state index contributed by atoms with van der Waals surface area (Å²) in [5.41, 5.74) is 6.98. The lowest BCUT2D eigenvalue weighted by molar-refractivity contribution is -0.118. The quantitative estimate of drug-likeness (QED) is 0.888. The zero-order valence-corrected chi connectivity index (χ0v) is 11.5. The van der Waals surface area contributed by atoms with Crippen molar-refractivity contribution in [2.45, 2.75) is 12.6 Å². The molecule has 0 spiro atoms. The van der Waals surface area contributed by atoms with Crippen LogP contribution in [-0.2, 0) is 11.4 Å². The molecule has 1 amide bonds. The maximum atomic E-state index is 11.1. The van der Waals surface area contributed by atoms with Gasteiger partial charge >= 0.3 is 0 Å². The highest BCUT2D eigenvalue weighted by Crippen LogP contribution is 2.30. The zero-order valence-electron chi connectivity index (χ0n) is 9.87. The molecule has 3 N–H and O–H groups in total. The molecule has 0 saturated carbocycles. The monoisotopic (exact) mass is 293 g/mol. The van der Waals surface area contributed by atoms with E-state index in [9.17, 15) is 4.79 Å². The predicted octanol–water partition coefficient (Wildman–Crippen LogP) is 1.14. The molecular formula is C12H11N3O2S2. The summed E-state index contributed by atoms with van der Waals surface area (Å²) in [4.78, 5) is 19.9. The van der Waals surface area contributed by atoms with Gasteiger partial charge in [0.15, 0.2) is 0 Å². The molecule has 1 aliphatic rings. The van der Waals surface area contributed by atoms with Gasteiger partial charge in [-0.3, -0.25) is 9.79 Å².